The molecule has 1 unspecified atom stereocenters. The average molecular weight is 358 g/mol. The zero-order valence-corrected chi connectivity index (χ0v) is 14.3. The van der Waals surface area contributed by atoms with Crippen molar-refractivity contribution in [1.82, 2.24) is 10.6 Å². The van der Waals surface area contributed by atoms with Gasteiger partial charge in [-0.25, -0.2) is 0 Å². The quantitative estimate of drug-likeness (QED) is 0.869. The first-order chi connectivity index (χ1) is 10.6. The summed E-state index contributed by atoms with van der Waals surface area (Å²) in [5.41, 5.74) is 0.798. The summed E-state index contributed by atoms with van der Waals surface area (Å²) < 4.78 is 0. The Kier molecular flexibility index (Phi) is 6.27. The highest BCUT2D eigenvalue weighted by Gasteiger charge is 2.35. The van der Waals surface area contributed by atoms with Gasteiger partial charge in [-0.1, -0.05) is 11.6 Å². The fourth-order valence-electron chi connectivity index (χ4n) is 3.04. The van der Waals surface area contributed by atoms with Gasteiger partial charge in [-0.15, -0.1) is 12.4 Å². The lowest BCUT2D eigenvalue weighted by molar-refractivity contribution is -0.127. The third-order valence-corrected chi connectivity index (χ3v) is 4.57. The molecule has 0 radical (unpaired) electrons. The number of carbonyl (C=O) groups is 2. The number of rotatable bonds is 3. The second-order valence-electron chi connectivity index (χ2n) is 5.91. The molecule has 0 aliphatic carbocycles. The van der Waals surface area contributed by atoms with Crippen LogP contribution in [0.1, 0.15) is 19.3 Å². The molecule has 0 aromatic heterocycles. The Bertz CT molecular complexity index is 559. The maximum absolute atomic E-state index is 12.4. The first kappa shape index (κ1) is 18.0. The Balaban J connectivity index is 0.00000192. The van der Waals surface area contributed by atoms with Gasteiger partial charge in [0.05, 0.1) is 5.92 Å². The lowest BCUT2D eigenvalue weighted by atomic mass is 10.0. The van der Waals surface area contributed by atoms with Crippen molar-refractivity contribution < 1.29 is 9.59 Å². The van der Waals surface area contributed by atoms with Gasteiger partial charge in [-0.2, -0.15) is 0 Å². The predicted molar refractivity (Wildman–Crippen MR) is 93.2 cm³/mol. The summed E-state index contributed by atoms with van der Waals surface area (Å²) in [4.78, 5) is 26.2. The standard InChI is InChI=1S/C16H20ClN3O2.ClH/c17-12-1-3-14(4-2-12)20-10-11(9-15(20)21)16(22)19-13-5-7-18-8-6-13;/h1-4,11,13,18H,5-10H2,(H,19,22);1H. The average Bonchev–Trinajstić information content (AvgIpc) is 2.91. The van der Waals surface area contributed by atoms with E-state index in [1.165, 1.54) is 0 Å². The monoisotopic (exact) mass is 357 g/mol. The van der Waals surface area contributed by atoms with Gasteiger partial charge >= 0.3 is 0 Å². The number of halogens is 2. The van der Waals surface area contributed by atoms with Crippen LogP contribution in [0.2, 0.25) is 5.02 Å². The van der Waals surface area contributed by atoms with Crippen molar-refractivity contribution in [2.24, 2.45) is 5.92 Å². The highest BCUT2D eigenvalue weighted by Crippen LogP contribution is 2.26. The minimum absolute atomic E-state index is 0. The minimum atomic E-state index is -0.266. The number of hydrogen-bond donors (Lipinski definition) is 2. The molecule has 2 fully saturated rings. The molecule has 0 bridgehead atoms. The third-order valence-electron chi connectivity index (χ3n) is 4.32. The molecule has 0 saturated carbocycles. The maximum Gasteiger partial charge on any atom is 0.227 e. The van der Waals surface area contributed by atoms with Crippen molar-refractivity contribution >= 4 is 41.5 Å². The van der Waals surface area contributed by atoms with Crippen LogP contribution in [-0.2, 0) is 9.59 Å². The van der Waals surface area contributed by atoms with Crippen molar-refractivity contribution in [3.05, 3.63) is 29.3 Å². The number of anilines is 1. The third kappa shape index (κ3) is 4.37. The van der Waals surface area contributed by atoms with E-state index in [0.717, 1.165) is 31.6 Å². The molecule has 0 spiro atoms. The van der Waals surface area contributed by atoms with Crippen LogP contribution >= 0.6 is 24.0 Å². The molecule has 2 N–H and O–H groups in total. The van der Waals surface area contributed by atoms with Crippen LogP contribution in [0.3, 0.4) is 0 Å². The summed E-state index contributed by atoms with van der Waals surface area (Å²) in [6.45, 7) is 2.31. The van der Waals surface area contributed by atoms with E-state index in [2.05, 4.69) is 10.6 Å². The molecule has 2 saturated heterocycles. The smallest absolute Gasteiger partial charge is 0.227 e. The first-order valence-corrected chi connectivity index (χ1v) is 8.08. The molecule has 2 heterocycles. The second kappa shape index (κ2) is 7.99. The Morgan fingerprint density at radius 2 is 1.87 bits per heavy atom. The molecular formula is C16H21Cl2N3O2. The van der Waals surface area contributed by atoms with Crippen LogP contribution in [0.5, 0.6) is 0 Å². The summed E-state index contributed by atoms with van der Waals surface area (Å²) >= 11 is 5.87. The van der Waals surface area contributed by atoms with Crippen molar-refractivity contribution in [3.63, 3.8) is 0 Å². The van der Waals surface area contributed by atoms with Crippen LogP contribution in [0.15, 0.2) is 24.3 Å². The largest absolute Gasteiger partial charge is 0.353 e. The molecule has 2 aliphatic heterocycles. The van der Waals surface area contributed by atoms with Crippen molar-refractivity contribution in [3.8, 4) is 0 Å². The van der Waals surface area contributed by atoms with Crippen molar-refractivity contribution in [2.45, 2.75) is 25.3 Å². The molecule has 1 aromatic carbocycles. The normalized spacial score (nSPS) is 21.9. The second-order valence-corrected chi connectivity index (χ2v) is 6.35. The van der Waals surface area contributed by atoms with Crippen LogP contribution < -0.4 is 15.5 Å². The molecule has 3 rings (SSSR count). The predicted octanol–water partition coefficient (Wildman–Crippen LogP) is 1.98. The van der Waals surface area contributed by atoms with Gasteiger partial charge in [-0.05, 0) is 50.2 Å². The van der Waals surface area contributed by atoms with Gasteiger partial charge in [0.15, 0.2) is 0 Å². The van der Waals surface area contributed by atoms with Gasteiger partial charge in [0.1, 0.15) is 0 Å². The van der Waals surface area contributed by atoms with Crippen LogP contribution in [0.25, 0.3) is 0 Å². The number of benzene rings is 1. The lowest BCUT2D eigenvalue weighted by Crippen LogP contribution is -2.45. The van der Waals surface area contributed by atoms with Crippen molar-refractivity contribution in [2.75, 3.05) is 24.5 Å². The van der Waals surface area contributed by atoms with Gasteiger partial charge in [0.25, 0.3) is 0 Å². The Morgan fingerprint density at radius 3 is 2.52 bits per heavy atom. The summed E-state index contributed by atoms with van der Waals surface area (Å²) in [5.74, 6) is -0.275. The van der Waals surface area contributed by atoms with Gasteiger partial charge in [0, 0.05) is 29.7 Å². The van der Waals surface area contributed by atoms with Gasteiger partial charge in [-0.3, -0.25) is 9.59 Å². The van der Waals surface area contributed by atoms with Gasteiger partial charge in [0.2, 0.25) is 11.8 Å². The molecule has 2 aliphatic rings. The number of piperidine rings is 1. The summed E-state index contributed by atoms with van der Waals surface area (Å²) in [7, 11) is 0. The highest BCUT2D eigenvalue weighted by molar-refractivity contribution is 6.30. The highest BCUT2D eigenvalue weighted by atomic mass is 35.5. The van der Waals surface area contributed by atoms with E-state index in [-0.39, 0.29) is 42.6 Å². The number of carbonyl (C=O) groups excluding carboxylic acids is 2. The van der Waals surface area contributed by atoms with Crippen LogP contribution in [-0.4, -0.2) is 37.5 Å². The maximum atomic E-state index is 12.4. The van der Waals surface area contributed by atoms with Gasteiger partial charge < -0.3 is 15.5 Å². The fraction of sp³-hybridized carbons (Fsp3) is 0.500. The van der Waals surface area contributed by atoms with Crippen LogP contribution in [0.4, 0.5) is 5.69 Å². The van der Waals surface area contributed by atoms with Crippen LogP contribution in [0, 0.1) is 5.92 Å². The van der Waals surface area contributed by atoms with Crippen molar-refractivity contribution in [1.29, 1.82) is 0 Å². The number of amides is 2. The molecular weight excluding hydrogens is 337 g/mol. The fourth-order valence-corrected chi connectivity index (χ4v) is 3.17. The molecule has 1 aromatic rings. The molecule has 126 valence electrons. The van der Waals surface area contributed by atoms with E-state index in [0.29, 0.717) is 11.6 Å². The zero-order valence-electron chi connectivity index (χ0n) is 12.8. The summed E-state index contributed by atoms with van der Waals surface area (Å²) in [6.07, 6.45) is 2.18. The topological polar surface area (TPSA) is 61.4 Å². The van der Waals surface area contributed by atoms with E-state index in [1.807, 2.05) is 12.1 Å². The summed E-state index contributed by atoms with van der Waals surface area (Å²) in [6, 6.07) is 7.37. The minimum Gasteiger partial charge on any atom is -0.353 e. The number of nitrogens with zero attached hydrogens (tertiary/aromatic N) is 1. The van der Waals surface area contributed by atoms with E-state index < -0.39 is 0 Å². The van der Waals surface area contributed by atoms with E-state index in [4.69, 9.17) is 11.6 Å². The number of nitrogens with one attached hydrogen (secondary N) is 2. The summed E-state index contributed by atoms with van der Waals surface area (Å²) in [5, 5.41) is 6.99. The first-order valence-electron chi connectivity index (χ1n) is 7.70. The Morgan fingerprint density at radius 1 is 1.22 bits per heavy atom. The number of hydrogen-bond acceptors (Lipinski definition) is 3. The zero-order chi connectivity index (χ0) is 15.5. The molecule has 23 heavy (non-hydrogen) atoms. The molecule has 7 heteroatoms. The Hall–Kier alpha value is -1.30. The molecule has 2 amide bonds. The SMILES string of the molecule is Cl.O=C(NC1CCNCC1)C1CC(=O)N(c2ccc(Cl)cc2)C1. The van der Waals surface area contributed by atoms with E-state index in [9.17, 15) is 9.59 Å². The van der Waals surface area contributed by atoms with E-state index >= 15 is 0 Å². The Labute approximate surface area is 147 Å². The molecule has 5 nitrogen and oxygen atoms in total. The lowest BCUT2D eigenvalue weighted by Gasteiger charge is -2.25. The molecule has 1 atom stereocenters. The van der Waals surface area contributed by atoms with E-state index in [1.54, 1.807) is 17.0 Å².